The van der Waals surface area contributed by atoms with Crippen LogP contribution in [0.3, 0.4) is 0 Å². The first-order valence-corrected chi connectivity index (χ1v) is 9.77. The van der Waals surface area contributed by atoms with Crippen molar-refractivity contribution in [3.8, 4) is 5.88 Å². The minimum absolute atomic E-state index is 0.0207. The van der Waals surface area contributed by atoms with Gasteiger partial charge in [-0.2, -0.15) is 9.78 Å². The zero-order valence-corrected chi connectivity index (χ0v) is 19.0. The van der Waals surface area contributed by atoms with E-state index in [1.54, 1.807) is 27.7 Å². The molecule has 0 aliphatic rings. The SMILES string of the molecule is [C-]#[N+]c1c(C(C)(C)C)nn(C(C)=O)c1N=Nc1c(O)n(C(C)C)c(=O)n(C(C)C)c1=O. The highest BCUT2D eigenvalue weighted by Gasteiger charge is 2.29. The van der Waals surface area contributed by atoms with E-state index in [1.165, 1.54) is 6.92 Å². The number of carbonyl (C=O) groups is 1. The molecule has 0 atom stereocenters. The minimum atomic E-state index is -0.826. The molecule has 0 saturated carbocycles. The third kappa shape index (κ3) is 4.19. The average Bonchev–Trinajstić information content (AvgIpc) is 2.99. The summed E-state index contributed by atoms with van der Waals surface area (Å²) in [4.78, 5) is 41.1. The molecular weight excluding hydrogens is 402 g/mol. The lowest BCUT2D eigenvalue weighted by molar-refractivity contribution is 0.0922. The van der Waals surface area contributed by atoms with E-state index in [-0.39, 0.29) is 11.5 Å². The standard InChI is InChI=1S/C20H27N7O4/c1-10(2)25-17(29)14(18(30)26(11(3)4)19(25)31)22-23-16-13(21-9)15(20(6,7)8)24-27(16)12(5)28/h10-11,29H,1-8H3. The molecular formula is C20H27N7O4. The molecule has 2 rings (SSSR count). The van der Waals surface area contributed by atoms with Crippen molar-refractivity contribution in [1.82, 2.24) is 18.9 Å². The molecule has 11 heteroatoms. The largest absolute Gasteiger partial charge is 0.493 e. The van der Waals surface area contributed by atoms with Crippen molar-refractivity contribution >= 4 is 23.1 Å². The maximum absolute atomic E-state index is 12.9. The minimum Gasteiger partial charge on any atom is -0.493 e. The van der Waals surface area contributed by atoms with E-state index in [9.17, 15) is 19.5 Å². The first-order chi connectivity index (χ1) is 14.2. The van der Waals surface area contributed by atoms with E-state index in [2.05, 4.69) is 20.2 Å². The summed E-state index contributed by atoms with van der Waals surface area (Å²) < 4.78 is 2.94. The second-order valence-corrected chi connectivity index (χ2v) is 8.70. The molecule has 0 spiro atoms. The van der Waals surface area contributed by atoms with Crippen LogP contribution in [-0.2, 0) is 5.41 Å². The van der Waals surface area contributed by atoms with Crippen LogP contribution in [-0.4, -0.2) is 29.9 Å². The number of hydrogen-bond acceptors (Lipinski definition) is 7. The van der Waals surface area contributed by atoms with Gasteiger partial charge in [0.25, 0.3) is 11.2 Å². The molecule has 0 unspecified atom stereocenters. The lowest BCUT2D eigenvalue weighted by atomic mass is 9.91. The Morgan fingerprint density at radius 1 is 1.10 bits per heavy atom. The Morgan fingerprint density at radius 3 is 2.06 bits per heavy atom. The van der Waals surface area contributed by atoms with Crippen LogP contribution in [0.2, 0.25) is 0 Å². The normalized spacial score (nSPS) is 12.2. The van der Waals surface area contributed by atoms with Gasteiger partial charge in [-0.25, -0.2) is 9.64 Å². The van der Waals surface area contributed by atoms with Crippen molar-refractivity contribution in [3.63, 3.8) is 0 Å². The fourth-order valence-corrected chi connectivity index (χ4v) is 3.04. The summed E-state index contributed by atoms with van der Waals surface area (Å²) in [6.45, 7) is 21.0. The number of nitrogens with zero attached hydrogens (tertiary/aromatic N) is 7. The van der Waals surface area contributed by atoms with Crippen molar-refractivity contribution < 1.29 is 9.90 Å². The van der Waals surface area contributed by atoms with E-state index >= 15 is 0 Å². The van der Waals surface area contributed by atoms with Crippen LogP contribution in [0.25, 0.3) is 4.85 Å². The lowest BCUT2D eigenvalue weighted by Gasteiger charge is -2.17. The fourth-order valence-electron chi connectivity index (χ4n) is 3.04. The highest BCUT2D eigenvalue weighted by Crippen LogP contribution is 2.39. The zero-order valence-electron chi connectivity index (χ0n) is 19.0. The van der Waals surface area contributed by atoms with Crippen LogP contribution >= 0.6 is 0 Å². The fraction of sp³-hybridized carbons (Fsp3) is 0.550. The molecule has 0 bridgehead atoms. The van der Waals surface area contributed by atoms with Crippen LogP contribution in [0, 0.1) is 6.57 Å². The molecule has 1 N–H and O–H groups in total. The number of aromatic nitrogens is 4. The molecule has 2 heterocycles. The Morgan fingerprint density at radius 2 is 1.65 bits per heavy atom. The number of carbonyl (C=O) groups excluding carboxylic acids is 1. The summed E-state index contributed by atoms with van der Waals surface area (Å²) in [6.07, 6.45) is 0. The van der Waals surface area contributed by atoms with Crippen molar-refractivity contribution in [2.75, 3.05) is 0 Å². The average molecular weight is 429 g/mol. The van der Waals surface area contributed by atoms with E-state index in [0.29, 0.717) is 5.69 Å². The number of rotatable bonds is 4. The summed E-state index contributed by atoms with van der Waals surface area (Å²) in [5, 5.41) is 22.6. The summed E-state index contributed by atoms with van der Waals surface area (Å²) >= 11 is 0. The topological polar surface area (TPSA) is 128 Å². The highest BCUT2D eigenvalue weighted by molar-refractivity contribution is 5.83. The highest BCUT2D eigenvalue weighted by atomic mass is 16.3. The van der Waals surface area contributed by atoms with Gasteiger partial charge in [0.15, 0.2) is 5.82 Å². The van der Waals surface area contributed by atoms with Gasteiger partial charge in [0, 0.05) is 19.0 Å². The molecule has 0 saturated heterocycles. The molecule has 0 aliphatic carbocycles. The first kappa shape index (κ1) is 23.7. The van der Waals surface area contributed by atoms with Gasteiger partial charge in [0.2, 0.25) is 17.5 Å². The molecule has 2 aromatic rings. The summed E-state index contributed by atoms with van der Waals surface area (Å²) in [7, 11) is 0. The van der Waals surface area contributed by atoms with E-state index < -0.39 is 46.2 Å². The monoisotopic (exact) mass is 429 g/mol. The third-order valence-electron chi connectivity index (χ3n) is 4.51. The number of hydrogen-bond donors (Lipinski definition) is 1. The molecule has 31 heavy (non-hydrogen) atoms. The second-order valence-electron chi connectivity index (χ2n) is 8.70. The molecule has 2 aromatic heterocycles. The molecule has 0 aromatic carbocycles. The van der Waals surface area contributed by atoms with Gasteiger partial charge in [-0.1, -0.05) is 20.8 Å². The smallest absolute Gasteiger partial charge is 0.334 e. The third-order valence-corrected chi connectivity index (χ3v) is 4.51. The lowest BCUT2D eigenvalue weighted by Crippen LogP contribution is -2.41. The molecule has 0 radical (unpaired) electrons. The van der Waals surface area contributed by atoms with Crippen LogP contribution in [0.5, 0.6) is 5.88 Å². The van der Waals surface area contributed by atoms with Crippen LogP contribution in [0.15, 0.2) is 19.8 Å². The second kappa shape index (κ2) is 8.29. The van der Waals surface area contributed by atoms with Gasteiger partial charge in [-0.3, -0.25) is 18.7 Å². The Hall–Kier alpha value is -3.55. The van der Waals surface area contributed by atoms with E-state index in [4.69, 9.17) is 6.57 Å². The molecule has 0 amide bonds. The molecule has 0 fully saturated rings. The van der Waals surface area contributed by atoms with Crippen molar-refractivity contribution in [2.24, 2.45) is 10.2 Å². The van der Waals surface area contributed by atoms with Crippen molar-refractivity contribution in [1.29, 1.82) is 0 Å². The first-order valence-electron chi connectivity index (χ1n) is 9.77. The maximum atomic E-state index is 12.9. The number of aromatic hydroxyl groups is 1. The van der Waals surface area contributed by atoms with Crippen LogP contribution in [0.4, 0.5) is 17.2 Å². The summed E-state index contributed by atoms with van der Waals surface area (Å²) in [5.41, 5.74) is -2.15. The van der Waals surface area contributed by atoms with E-state index in [0.717, 1.165) is 13.8 Å². The van der Waals surface area contributed by atoms with Gasteiger partial charge in [-0.05, 0) is 33.1 Å². The van der Waals surface area contributed by atoms with Crippen molar-refractivity contribution in [3.05, 3.63) is 37.9 Å². The summed E-state index contributed by atoms with van der Waals surface area (Å²) in [6, 6.07) is -0.949. The Labute approximate surface area is 179 Å². The van der Waals surface area contributed by atoms with Gasteiger partial charge >= 0.3 is 5.69 Å². The van der Waals surface area contributed by atoms with Gasteiger partial charge in [0.05, 0.1) is 12.3 Å². The van der Waals surface area contributed by atoms with Crippen molar-refractivity contribution in [2.45, 2.75) is 72.9 Å². The van der Waals surface area contributed by atoms with Crippen LogP contribution in [0.1, 0.15) is 78.0 Å². The zero-order chi connectivity index (χ0) is 23.8. The quantitative estimate of drug-likeness (QED) is 0.580. The predicted octanol–water partition coefficient (Wildman–Crippen LogP) is 4.00. The molecule has 166 valence electrons. The number of azo groups is 1. The Bertz CT molecular complexity index is 1210. The predicted molar refractivity (Wildman–Crippen MR) is 115 cm³/mol. The van der Waals surface area contributed by atoms with Gasteiger partial charge in [0.1, 0.15) is 0 Å². The summed E-state index contributed by atoms with van der Waals surface area (Å²) in [5.74, 6) is -1.28. The van der Waals surface area contributed by atoms with Gasteiger partial charge < -0.3 is 5.11 Å². The maximum Gasteiger partial charge on any atom is 0.334 e. The molecule has 0 aliphatic heterocycles. The van der Waals surface area contributed by atoms with E-state index in [1.807, 2.05) is 20.8 Å². The Kier molecular flexibility index (Phi) is 6.35. The Balaban J connectivity index is 2.88. The van der Waals surface area contributed by atoms with Gasteiger partial charge in [-0.15, -0.1) is 10.2 Å². The van der Waals surface area contributed by atoms with Crippen LogP contribution < -0.4 is 11.2 Å². The molecule has 11 nitrogen and oxygen atoms in total.